The summed E-state index contributed by atoms with van der Waals surface area (Å²) >= 11 is 5.58. The van der Waals surface area contributed by atoms with Crippen molar-refractivity contribution in [1.82, 2.24) is 4.98 Å². The summed E-state index contributed by atoms with van der Waals surface area (Å²) in [6.45, 7) is 0. The molecule has 74 valence electrons. The van der Waals surface area contributed by atoms with Gasteiger partial charge in [0, 0.05) is 0 Å². The SMILES string of the molecule is COC(=O)c1cc(Cl)nc(NN=O)c1. The van der Waals surface area contributed by atoms with E-state index in [4.69, 9.17) is 11.6 Å². The first-order chi connectivity index (χ1) is 6.67. The summed E-state index contributed by atoms with van der Waals surface area (Å²) in [5.41, 5.74) is 2.23. The molecule has 7 heteroatoms. The maximum atomic E-state index is 11.1. The van der Waals surface area contributed by atoms with Crippen LogP contribution in [-0.4, -0.2) is 18.1 Å². The summed E-state index contributed by atoms with van der Waals surface area (Å²) in [6, 6.07) is 2.63. The molecule has 0 amide bonds. The number of rotatable bonds is 3. The first-order valence-electron chi connectivity index (χ1n) is 3.51. The molecule has 0 bridgehead atoms. The van der Waals surface area contributed by atoms with E-state index in [2.05, 4.69) is 15.0 Å². The van der Waals surface area contributed by atoms with Crippen molar-refractivity contribution < 1.29 is 9.53 Å². The van der Waals surface area contributed by atoms with E-state index in [1.165, 1.54) is 19.2 Å². The minimum Gasteiger partial charge on any atom is -0.465 e. The van der Waals surface area contributed by atoms with Crippen LogP contribution >= 0.6 is 11.6 Å². The van der Waals surface area contributed by atoms with Crippen molar-refractivity contribution in [3.8, 4) is 0 Å². The molecule has 0 unspecified atom stereocenters. The number of esters is 1. The van der Waals surface area contributed by atoms with Crippen LogP contribution in [0.1, 0.15) is 10.4 Å². The Morgan fingerprint density at radius 2 is 2.36 bits per heavy atom. The van der Waals surface area contributed by atoms with Crippen molar-refractivity contribution in [2.24, 2.45) is 5.29 Å². The van der Waals surface area contributed by atoms with E-state index in [9.17, 15) is 9.70 Å². The predicted octanol–water partition coefficient (Wildman–Crippen LogP) is 1.61. The van der Waals surface area contributed by atoms with Gasteiger partial charge in [0.25, 0.3) is 0 Å². The van der Waals surface area contributed by atoms with Gasteiger partial charge in [0.1, 0.15) is 5.15 Å². The summed E-state index contributed by atoms with van der Waals surface area (Å²) in [6.07, 6.45) is 0. The summed E-state index contributed by atoms with van der Waals surface area (Å²) in [5.74, 6) is -0.476. The van der Waals surface area contributed by atoms with Crippen LogP contribution in [0.5, 0.6) is 0 Å². The number of methoxy groups -OCH3 is 1. The topological polar surface area (TPSA) is 80.7 Å². The fraction of sp³-hybridized carbons (Fsp3) is 0.143. The Morgan fingerprint density at radius 3 is 2.93 bits per heavy atom. The Bertz CT molecular complexity index is 369. The second-order valence-corrected chi connectivity index (χ2v) is 2.65. The number of halogens is 1. The lowest BCUT2D eigenvalue weighted by Gasteiger charge is -2.01. The average molecular weight is 216 g/mol. The molecule has 1 rings (SSSR count). The van der Waals surface area contributed by atoms with Crippen molar-refractivity contribution in [2.45, 2.75) is 0 Å². The number of carbonyl (C=O) groups excluding carboxylic acids is 1. The minimum absolute atomic E-state index is 0.0686. The molecule has 0 aliphatic carbocycles. The first kappa shape index (κ1) is 10.4. The van der Waals surface area contributed by atoms with E-state index in [1.807, 2.05) is 5.43 Å². The standard InChI is InChI=1S/C7H6ClN3O3/c1-14-7(12)4-2-5(8)9-6(3-4)10-11-13/h2-3H,1H3,(H,9,10,13). The van der Waals surface area contributed by atoms with Gasteiger partial charge in [0.05, 0.1) is 18.0 Å². The molecule has 1 aromatic heterocycles. The molecule has 0 radical (unpaired) electrons. The van der Waals surface area contributed by atoms with Gasteiger partial charge in [0.2, 0.25) is 0 Å². The Morgan fingerprint density at radius 1 is 1.64 bits per heavy atom. The molecule has 0 fully saturated rings. The lowest BCUT2D eigenvalue weighted by atomic mass is 10.2. The van der Waals surface area contributed by atoms with Crippen LogP contribution in [0, 0.1) is 4.91 Å². The normalized spacial score (nSPS) is 9.29. The van der Waals surface area contributed by atoms with Gasteiger partial charge in [-0.2, -0.15) is 0 Å². The highest BCUT2D eigenvalue weighted by Gasteiger charge is 2.08. The van der Waals surface area contributed by atoms with Crippen molar-refractivity contribution in [2.75, 3.05) is 12.5 Å². The smallest absolute Gasteiger partial charge is 0.338 e. The fourth-order valence-electron chi connectivity index (χ4n) is 0.837. The second kappa shape index (κ2) is 4.52. The largest absolute Gasteiger partial charge is 0.465 e. The Balaban J connectivity index is 3.06. The number of ether oxygens (including phenoxy) is 1. The molecule has 0 saturated carbocycles. The highest BCUT2D eigenvalue weighted by molar-refractivity contribution is 6.29. The van der Waals surface area contributed by atoms with E-state index in [1.54, 1.807) is 0 Å². The zero-order valence-electron chi connectivity index (χ0n) is 7.15. The number of hydrogen-bond donors (Lipinski definition) is 1. The van der Waals surface area contributed by atoms with Crippen molar-refractivity contribution in [1.29, 1.82) is 0 Å². The second-order valence-electron chi connectivity index (χ2n) is 2.26. The number of nitrogens with zero attached hydrogens (tertiary/aromatic N) is 2. The third-order valence-electron chi connectivity index (χ3n) is 1.38. The van der Waals surface area contributed by atoms with Crippen LogP contribution in [-0.2, 0) is 4.74 Å². The number of pyridine rings is 1. The quantitative estimate of drug-likeness (QED) is 0.359. The van der Waals surface area contributed by atoms with Crippen molar-refractivity contribution in [3.63, 3.8) is 0 Å². The molecule has 6 nitrogen and oxygen atoms in total. The van der Waals surface area contributed by atoms with Crippen LogP contribution in [0.3, 0.4) is 0 Å². The molecular formula is C7H6ClN3O3. The summed E-state index contributed by atoms with van der Waals surface area (Å²) in [4.78, 5) is 24.6. The van der Waals surface area contributed by atoms with E-state index in [0.29, 0.717) is 0 Å². The van der Waals surface area contributed by atoms with Gasteiger partial charge in [0.15, 0.2) is 5.82 Å². The first-order valence-corrected chi connectivity index (χ1v) is 3.89. The van der Waals surface area contributed by atoms with Crippen molar-refractivity contribution in [3.05, 3.63) is 27.8 Å². The van der Waals surface area contributed by atoms with Gasteiger partial charge in [-0.15, -0.1) is 4.91 Å². The molecule has 1 N–H and O–H groups in total. The van der Waals surface area contributed by atoms with Crippen LogP contribution in [0.25, 0.3) is 0 Å². The number of nitroso groups, excluding NO2 is 1. The maximum Gasteiger partial charge on any atom is 0.338 e. The lowest BCUT2D eigenvalue weighted by molar-refractivity contribution is 0.0600. The Labute approximate surface area is 84.2 Å². The van der Waals surface area contributed by atoms with Gasteiger partial charge < -0.3 is 4.74 Å². The molecule has 1 heterocycles. The summed E-state index contributed by atoms with van der Waals surface area (Å²) < 4.78 is 4.46. The molecule has 14 heavy (non-hydrogen) atoms. The monoisotopic (exact) mass is 215 g/mol. The van der Waals surface area contributed by atoms with Gasteiger partial charge in [-0.3, -0.25) is 0 Å². The highest BCUT2D eigenvalue weighted by atomic mass is 35.5. The van der Waals surface area contributed by atoms with Gasteiger partial charge in [-0.05, 0) is 12.1 Å². The van der Waals surface area contributed by atoms with E-state index in [0.717, 1.165) is 0 Å². The Kier molecular flexibility index (Phi) is 3.35. The van der Waals surface area contributed by atoms with Crippen LogP contribution in [0.4, 0.5) is 5.82 Å². The molecule has 0 atom stereocenters. The van der Waals surface area contributed by atoms with Crippen molar-refractivity contribution >= 4 is 23.4 Å². The van der Waals surface area contributed by atoms with Crippen LogP contribution in [0.2, 0.25) is 5.15 Å². The number of aromatic nitrogens is 1. The highest BCUT2D eigenvalue weighted by Crippen LogP contribution is 2.15. The minimum atomic E-state index is -0.566. The lowest BCUT2D eigenvalue weighted by Crippen LogP contribution is -2.03. The number of hydrogen-bond acceptors (Lipinski definition) is 5. The molecule has 0 spiro atoms. The molecule has 0 aromatic carbocycles. The number of nitrogens with one attached hydrogen (secondary N) is 1. The van der Waals surface area contributed by atoms with Gasteiger partial charge in [-0.1, -0.05) is 11.6 Å². The zero-order chi connectivity index (χ0) is 10.6. The van der Waals surface area contributed by atoms with E-state index in [-0.39, 0.29) is 16.5 Å². The van der Waals surface area contributed by atoms with Gasteiger partial charge in [-0.25, -0.2) is 15.2 Å². The Hall–Kier alpha value is -1.69. The van der Waals surface area contributed by atoms with E-state index >= 15 is 0 Å². The molecule has 0 aliphatic rings. The van der Waals surface area contributed by atoms with Crippen LogP contribution in [0.15, 0.2) is 17.4 Å². The molecule has 0 aliphatic heterocycles. The molecular weight excluding hydrogens is 210 g/mol. The number of anilines is 1. The molecule has 0 saturated heterocycles. The fourth-order valence-corrected chi connectivity index (χ4v) is 1.05. The third kappa shape index (κ3) is 2.40. The molecule has 1 aromatic rings. The summed E-state index contributed by atoms with van der Waals surface area (Å²) in [5, 5.41) is 2.47. The van der Waals surface area contributed by atoms with E-state index < -0.39 is 5.97 Å². The van der Waals surface area contributed by atoms with Gasteiger partial charge >= 0.3 is 5.97 Å². The average Bonchev–Trinajstić information content (AvgIpc) is 2.16. The maximum absolute atomic E-state index is 11.1. The zero-order valence-corrected chi connectivity index (χ0v) is 7.91. The summed E-state index contributed by atoms with van der Waals surface area (Å²) in [7, 11) is 1.24. The van der Waals surface area contributed by atoms with Crippen LogP contribution < -0.4 is 5.43 Å². The number of carbonyl (C=O) groups is 1. The predicted molar refractivity (Wildman–Crippen MR) is 50.0 cm³/mol. The third-order valence-corrected chi connectivity index (χ3v) is 1.57.